The van der Waals surface area contributed by atoms with Crippen molar-refractivity contribution in [2.24, 2.45) is 0 Å². The van der Waals surface area contributed by atoms with Gasteiger partial charge in [-0.2, -0.15) is 0 Å². The lowest BCUT2D eigenvalue weighted by Gasteiger charge is -2.15. The van der Waals surface area contributed by atoms with Crippen molar-refractivity contribution in [3.05, 3.63) is 65.4 Å². The molecule has 0 fully saturated rings. The molecule has 2 nitrogen and oxygen atoms in total. The Morgan fingerprint density at radius 1 is 1.08 bits per heavy atom. The monoisotopic (exact) mass is 337 g/mol. The van der Waals surface area contributed by atoms with Crippen molar-refractivity contribution in [1.82, 2.24) is 4.57 Å². The van der Waals surface area contributed by atoms with Crippen LogP contribution in [0.1, 0.15) is 23.2 Å². The Labute approximate surface area is 147 Å². The van der Waals surface area contributed by atoms with Crippen LogP contribution in [-0.4, -0.2) is 21.5 Å². The number of aliphatic hydroxyl groups excluding tert-OH is 1. The fourth-order valence-electron chi connectivity index (χ4n) is 3.80. The molecule has 0 saturated heterocycles. The highest BCUT2D eigenvalue weighted by molar-refractivity contribution is 7.99. The van der Waals surface area contributed by atoms with Gasteiger partial charge in [0.25, 0.3) is 0 Å². The summed E-state index contributed by atoms with van der Waals surface area (Å²) in [6.07, 6.45) is 3.22. The van der Waals surface area contributed by atoms with Crippen LogP contribution >= 0.6 is 11.8 Å². The molecule has 4 rings (SSSR count). The van der Waals surface area contributed by atoms with Crippen LogP contribution in [0.5, 0.6) is 0 Å². The third-order valence-electron chi connectivity index (χ3n) is 4.95. The fraction of sp³-hybridized carbons (Fsp3) is 0.333. The van der Waals surface area contributed by atoms with E-state index in [9.17, 15) is 5.11 Å². The summed E-state index contributed by atoms with van der Waals surface area (Å²) < 4.78 is 2.36. The van der Waals surface area contributed by atoms with Crippen molar-refractivity contribution in [2.75, 3.05) is 5.75 Å². The van der Waals surface area contributed by atoms with Crippen LogP contribution in [0.15, 0.2) is 53.4 Å². The SMILES string of the molecule is Cc1ccccc1SCC(O)Cn1c2c(c3ccccc31)CCC2. The molecule has 3 heteroatoms. The fourth-order valence-corrected chi connectivity index (χ4v) is 4.75. The van der Waals surface area contributed by atoms with E-state index in [0.717, 1.165) is 12.2 Å². The number of fused-ring (bicyclic) bond motifs is 3. The van der Waals surface area contributed by atoms with E-state index in [0.29, 0.717) is 6.54 Å². The summed E-state index contributed by atoms with van der Waals surface area (Å²) in [5.74, 6) is 0.728. The minimum absolute atomic E-state index is 0.338. The van der Waals surface area contributed by atoms with Crippen LogP contribution in [0.4, 0.5) is 0 Å². The van der Waals surface area contributed by atoms with Gasteiger partial charge < -0.3 is 9.67 Å². The maximum atomic E-state index is 10.6. The standard InChI is InChI=1S/C21H23NOS/c1-15-7-2-5-12-21(15)24-14-16(23)13-22-19-10-4-3-8-17(19)18-9-6-11-20(18)22/h2-5,7-8,10,12,16,23H,6,9,11,13-14H2,1H3. The summed E-state index contributed by atoms with van der Waals surface area (Å²) in [5, 5.41) is 12.0. The molecule has 0 aliphatic heterocycles. The second kappa shape index (κ2) is 6.66. The zero-order valence-corrected chi connectivity index (χ0v) is 14.9. The van der Waals surface area contributed by atoms with E-state index in [2.05, 4.69) is 60.0 Å². The Morgan fingerprint density at radius 3 is 2.75 bits per heavy atom. The summed E-state index contributed by atoms with van der Waals surface area (Å²) in [6.45, 7) is 2.82. The lowest BCUT2D eigenvalue weighted by Crippen LogP contribution is -2.19. The maximum Gasteiger partial charge on any atom is 0.0812 e. The highest BCUT2D eigenvalue weighted by Gasteiger charge is 2.22. The average Bonchev–Trinajstić information content (AvgIpc) is 3.17. The van der Waals surface area contributed by atoms with Crippen molar-refractivity contribution >= 4 is 22.7 Å². The van der Waals surface area contributed by atoms with Crippen LogP contribution in [0.3, 0.4) is 0 Å². The van der Waals surface area contributed by atoms with E-state index in [4.69, 9.17) is 0 Å². The number of thioether (sulfide) groups is 1. The summed E-state index contributed by atoms with van der Waals surface area (Å²) in [6, 6.07) is 17.0. The van der Waals surface area contributed by atoms with Crippen molar-refractivity contribution < 1.29 is 5.11 Å². The number of benzene rings is 2. The number of aliphatic hydroxyl groups is 1. The summed E-state index contributed by atoms with van der Waals surface area (Å²) >= 11 is 1.75. The topological polar surface area (TPSA) is 25.2 Å². The minimum atomic E-state index is -0.338. The third-order valence-corrected chi connectivity index (χ3v) is 6.27. The predicted molar refractivity (Wildman–Crippen MR) is 102 cm³/mol. The Kier molecular flexibility index (Phi) is 4.38. The van der Waals surface area contributed by atoms with E-state index < -0.39 is 0 Å². The van der Waals surface area contributed by atoms with Crippen molar-refractivity contribution in [3.63, 3.8) is 0 Å². The summed E-state index contributed by atoms with van der Waals surface area (Å²) in [4.78, 5) is 1.26. The van der Waals surface area contributed by atoms with Gasteiger partial charge in [-0.25, -0.2) is 0 Å². The largest absolute Gasteiger partial charge is 0.390 e. The van der Waals surface area contributed by atoms with Crippen LogP contribution in [0.25, 0.3) is 10.9 Å². The first kappa shape index (κ1) is 15.8. The zero-order chi connectivity index (χ0) is 16.5. The Morgan fingerprint density at radius 2 is 1.88 bits per heavy atom. The lowest BCUT2D eigenvalue weighted by atomic mass is 10.1. The van der Waals surface area contributed by atoms with Crippen LogP contribution in [0.2, 0.25) is 0 Å². The molecular formula is C21H23NOS. The normalized spacial score (nSPS) is 14.9. The number of aryl methyl sites for hydroxylation is 2. The molecule has 124 valence electrons. The first-order valence-corrected chi connectivity index (χ1v) is 9.68. The number of hydrogen-bond acceptors (Lipinski definition) is 2. The van der Waals surface area contributed by atoms with Gasteiger partial charge in [0.2, 0.25) is 0 Å². The third kappa shape index (κ3) is 2.87. The summed E-state index contributed by atoms with van der Waals surface area (Å²) in [5.41, 5.74) is 5.50. The minimum Gasteiger partial charge on any atom is -0.390 e. The second-order valence-corrected chi connectivity index (χ2v) is 7.70. The molecule has 1 aliphatic rings. The summed E-state index contributed by atoms with van der Waals surface area (Å²) in [7, 11) is 0. The van der Waals surface area contributed by atoms with E-state index in [1.165, 1.54) is 45.5 Å². The highest BCUT2D eigenvalue weighted by atomic mass is 32.2. The number of nitrogens with zero attached hydrogens (tertiary/aromatic N) is 1. The molecule has 0 bridgehead atoms. The van der Waals surface area contributed by atoms with Gasteiger partial charge in [0.15, 0.2) is 0 Å². The van der Waals surface area contributed by atoms with E-state index in [1.807, 2.05) is 0 Å². The number of hydrogen-bond donors (Lipinski definition) is 1. The average molecular weight is 337 g/mol. The zero-order valence-electron chi connectivity index (χ0n) is 14.0. The van der Waals surface area contributed by atoms with Crippen LogP contribution in [-0.2, 0) is 19.4 Å². The van der Waals surface area contributed by atoms with E-state index in [1.54, 1.807) is 11.8 Å². The van der Waals surface area contributed by atoms with Gasteiger partial charge >= 0.3 is 0 Å². The van der Waals surface area contributed by atoms with Gasteiger partial charge in [-0.05, 0) is 49.4 Å². The smallest absolute Gasteiger partial charge is 0.0812 e. The van der Waals surface area contributed by atoms with Gasteiger partial charge in [-0.1, -0.05) is 36.4 Å². The van der Waals surface area contributed by atoms with E-state index in [-0.39, 0.29) is 6.10 Å². The molecule has 2 aromatic carbocycles. The molecule has 1 heterocycles. The Balaban J connectivity index is 1.53. The molecule has 1 aromatic heterocycles. The number of para-hydroxylation sites is 1. The molecule has 1 atom stereocenters. The predicted octanol–water partition coefficient (Wildman–Crippen LogP) is 4.59. The van der Waals surface area contributed by atoms with Crippen molar-refractivity contribution in [2.45, 2.75) is 43.7 Å². The quantitative estimate of drug-likeness (QED) is 0.689. The van der Waals surface area contributed by atoms with Gasteiger partial charge in [0.1, 0.15) is 0 Å². The number of rotatable bonds is 5. The van der Waals surface area contributed by atoms with Crippen molar-refractivity contribution in [1.29, 1.82) is 0 Å². The highest BCUT2D eigenvalue weighted by Crippen LogP contribution is 2.33. The first-order chi connectivity index (χ1) is 11.7. The van der Waals surface area contributed by atoms with Gasteiger partial charge in [-0.15, -0.1) is 11.8 Å². The maximum absolute atomic E-state index is 10.6. The molecule has 24 heavy (non-hydrogen) atoms. The van der Waals surface area contributed by atoms with Crippen LogP contribution < -0.4 is 0 Å². The Bertz CT molecular complexity index is 867. The second-order valence-electron chi connectivity index (χ2n) is 6.64. The Hall–Kier alpha value is -1.71. The molecule has 3 aromatic rings. The van der Waals surface area contributed by atoms with Crippen molar-refractivity contribution in [3.8, 4) is 0 Å². The van der Waals surface area contributed by atoms with Gasteiger partial charge in [0, 0.05) is 33.8 Å². The number of aromatic nitrogens is 1. The molecule has 1 N–H and O–H groups in total. The van der Waals surface area contributed by atoms with E-state index >= 15 is 0 Å². The lowest BCUT2D eigenvalue weighted by molar-refractivity contribution is 0.179. The molecule has 0 radical (unpaired) electrons. The molecule has 1 unspecified atom stereocenters. The van der Waals surface area contributed by atoms with Crippen LogP contribution in [0, 0.1) is 6.92 Å². The molecular weight excluding hydrogens is 314 g/mol. The molecule has 1 aliphatic carbocycles. The molecule has 0 amide bonds. The molecule has 0 spiro atoms. The first-order valence-electron chi connectivity index (χ1n) is 8.69. The van der Waals surface area contributed by atoms with Gasteiger partial charge in [0.05, 0.1) is 6.10 Å². The van der Waals surface area contributed by atoms with Gasteiger partial charge in [-0.3, -0.25) is 0 Å². The molecule has 0 saturated carbocycles.